The second-order valence-corrected chi connectivity index (χ2v) is 27.1. The Bertz CT molecular complexity index is 5250. The van der Waals surface area contributed by atoms with Crippen molar-refractivity contribution in [3.05, 3.63) is 206 Å². The van der Waals surface area contributed by atoms with Crippen molar-refractivity contribution in [2.45, 2.75) is 0 Å². The molecule has 0 radical (unpaired) electrons. The Balaban J connectivity index is 0.000000131. The van der Waals surface area contributed by atoms with Crippen LogP contribution in [0.15, 0.2) is 155 Å². The van der Waals surface area contributed by atoms with E-state index in [-0.39, 0.29) is 121 Å². The summed E-state index contributed by atoms with van der Waals surface area (Å²) >= 11 is 18.7. The number of likely N-dealkylation sites (N-methyl/N-ethyl adjacent to an activating group) is 3. The monoisotopic (exact) mass is 1590 g/mol. The second kappa shape index (κ2) is 30.6. The maximum atomic E-state index is 13.0. The quantitative estimate of drug-likeness (QED) is 0.0957. The fourth-order valence-electron chi connectivity index (χ4n) is 11.7. The third kappa shape index (κ3) is 14.7. The lowest BCUT2D eigenvalue weighted by molar-refractivity contribution is -0.591. The van der Waals surface area contributed by atoms with Gasteiger partial charge in [0.15, 0.2) is 0 Å². The van der Waals surface area contributed by atoms with E-state index in [1.54, 1.807) is 93.6 Å². The van der Waals surface area contributed by atoms with E-state index < -0.39 is 24.4 Å². The summed E-state index contributed by atoms with van der Waals surface area (Å²) in [7, 11) is 9.02. The summed E-state index contributed by atoms with van der Waals surface area (Å²) < 4.78 is 28.0. The van der Waals surface area contributed by atoms with Gasteiger partial charge in [-0.25, -0.2) is 19.2 Å². The molecule has 0 unspecified atom stereocenters. The largest absolute Gasteiger partial charge is 0.617 e. The third-order valence-electron chi connectivity index (χ3n) is 17.6. The normalized spacial score (nSPS) is 14.4. The number of hydrogen-bond donors (Lipinski definition) is 0. The van der Waals surface area contributed by atoms with Crippen LogP contribution >= 0.6 is 55.1 Å². The molecule has 4 aromatic heterocycles. The highest BCUT2D eigenvalue weighted by Gasteiger charge is 2.33. The number of hydrogen-bond acceptors (Lipinski definition) is 19. The average Bonchev–Trinajstić information content (AvgIpc) is 0.759. The molecule has 0 bridgehead atoms. The smallest absolute Gasteiger partial charge is 0.415 e. The number of nitrogens with zero attached hydrogens (tertiary/aromatic N) is 15. The average molecular weight is 1590 g/mol. The van der Waals surface area contributed by atoms with Gasteiger partial charge < -0.3 is 94.9 Å². The third-order valence-corrected chi connectivity index (χ3v) is 20.1. The number of para-hydroxylation sites is 7. The van der Waals surface area contributed by atoms with Crippen molar-refractivity contribution in [2.75, 3.05) is 114 Å². The second-order valence-electron chi connectivity index (χ2n) is 24.6. The van der Waals surface area contributed by atoms with Crippen LogP contribution in [-0.2, 0) is 0 Å². The van der Waals surface area contributed by atoms with E-state index in [1.807, 2.05) is 21.1 Å². The van der Waals surface area contributed by atoms with Gasteiger partial charge in [0, 0.05) is 174 Å². The van der Waals surface area contributed by atoms with Gasteiger partial charge in [0.1, 0.15) is 5.75 Å². The van der Waals surface area contributed by atoms with Crippen LogP contribution in [0.4, 0.5) is 19.2 Å². The summed E-state index contributed by atoms with van der Waals surface area (Å²) in [4.78, 5) is 61.5. The minimum absolute atomic E-state index is 0.00833. The number of carbonyl (C=O) groups excluding carboxylic acids is 4. The van der Waals surface area contributed by atoms with Crippen molar-refractivity contribution in [2.24, 2.45) is 0 Å². The number of fused-ring (bicyclic) bond motifs is 8. The molecule has 538 valence electrons. The first-order valence-corrected chi connectivity index (χ1v) is 34.4. The molecular formula is C69H63Br2Cl2N15O16. The van der Waals surface area contributed by atoms with Gasteiger partial charge in [-0.15, -0.1) is 0 Å². The molecule has 104 heavy (non-hydrogen) atoms. The van der Waals surface area contributed by atoms with E-state index in [0.29, 0.717) is 86.1 Å². The van der Waals surface area contributed by atoms with Crippen molar-refractivity contribution in [3.8, 4) is 23.0 Å². The molecule has 0 saturated carbocycles. The molecule has 0 spiro atoms. The molecule has 15 rings (SSSR count). The Hall–Kier alpha value is -10.9. The molecule has 8 aromatic carbocycles. The van der Waals surface area contributed by atoms with Crippen molar-refractivity contribution in [1.29, 1.82) is 0 Å². The number of piperazine rings is 3. The highest BCUT2D eigenvalue weighted by Crippen LogP contribution is 2.32. The Morgan fingerprint density at radius 1 is 0.346 bits per heavy atom. The Morgan fingerprint density at radius 3 is 1.02 bits per heavy atom. The van der Waals surface area contributed by atoms with E-state index in [4.69, 9.17) is 42.1 Å². The van der Waals surface area contributed by atoms with Gasteiger partial charge >= 0.3 is 40.9 Å². The molecule has 4 amide bonds. The first-order chi connectivity index (χ1) is 49.8. The van der Waals surface area contributed by atoms with Crippen LogP contribution in [0.2, 0.25) is 10.0 Å². The minimum Gasteiger partial charge on any atom is -0.617 e. The molecule has 0 N–H and O–H groups in total. The highest BCUT2D eigenvalue weighted by molar-refractivity contribution is 9.13. The van der Waals surface area contributed by atoms with E-state index in [2.05, 4.69) is 46.6 Å². The number of aromatic nitrogens is 8. The summed E-state index contributed by atoms with van der Waals surface area (Å²) in [5.74, 6) is 0.346. The van der Waals surface area contributed by atoms with Crippen molar-refractivity contribution in [3.63, 3.8) is 0 Å². The summed E-state index contributed by atoms with van der Waals surface area (Å²) in [5, 5.41) is 102. The van der Waals surface area contributed by atoms with E-state index in [9.17, 15) is 60.8 Å². The molecule has 3 fully saturated rings. The van der Waals surface area contributed by atoms with Crippen molar-refractivity contribution in [1.82, 2.24) is 34.3 Å². The van der Waals surface area contributed by atoms with Gasteiger partial charge in [-0.1, -0.05) is 65.7 Å². The first-order valence-electron chi connectivity index (χ1n) is 32.1. The van der Waals surface area contributed by atoms with Crippen molar-refractivity contribution < 1.29 is 76.0 Å². The van der Waals surface area contributed by atoms with Crippen LogP contribution < -0.4 is 56.8 Å². The number of ether oxygens (including phenoxy) is 4. The molecule has 7 heterocycles. The van der Waals surface area contributed by atoms with E-state index in [0.717, 1.165) is 39.3 Å². The molecular weight excluding hydrogens is 1530 g/mol. The van der Waals surface area contributed by atoms with Gasteiger partial charge in [-0.3, -0.25) is 0 Å². The maximum absolute atomic E-state index is 13.0. The van der Waals surface area contributed by atoms with Gasteiger partial charge in [-0.2, -0.15) is 37.8 Å². The molecule has 3 aliphatic heterocycles. The lowest BCUT2D eigenvalue weighted by Crippen LogP contribution is -2.48. The molecule has 35 heteroatoms. The van der Waals surface area contributed by atoms with Gasteiger partial charge in [0.05, 0.1) is 16.1 Å². The van der Waals surface area contributed by atoms with Crippen LogP contribution in [0.5, 0.6) is 23.0 Å². The van der Waals surface area contributed by atoms with Crippen LogP contribution in [0.3, 0.4) is 0 Å². The Morgan fingerprint density at radius 2 is 0.625 bits per heavy atom. The predicted molar refractivity (Wildman–Crippen MR) is 388 cm³/mol. The topological polar surface area (TPSA) is 343 Å². The zero-order valence-corrected chi connectivity index (χ0v) is 60.8. The summed E-state index contributed by atoms with van der Waals surface area (Å²) in [6.07, 6.45) is -2.17. The van der Waals surface area contributed by atoms with Gasteiger partial charge in [0.2, 0.25) is 17.2 Å². The number of amides is 4. The van der Waals surface area contributed by atoms with E-state index >= 15 is 0 Å². The van der Waals surface area contributed by atoms with Gasteiger partial charge in [-0.05, 0) is 77.3 Å². The lowest BCUT2D eigenvalue weighted by atomic mass is 10.2. The Labute approximate surface area is 617 Å². The fourth-order valence-corrected chi connectivity index (χ4v) is 12.7. The minimum atomic E-state index is -0.627. The molecule has 0 atom stereocenters. The number of carbonyl (C=O) groups is 4. The lowest BCUT2D eigenvalue weighted by Gasteiger charge is -2.31. The molecule has 31 nitrogen and oxygen atoms in total. The maximum Gasteiger partial charge on any atom is 0.415 e. The highest BCUT2D eigenvalue weighted by atomic mass is 79.9. The summed E-state index contributed by atoms with van der Waals surface area (Å²) in [5.41, 5.74) is 2.16. The van der Waals surface area contributed by atoms with Crippen LogP contribution in [0.25, 0.3) is 88.3 Å². The first kappa shape index (κ1) is 72.8. The van der Waals surface area contributed by atoms with Crippen molar-refractivity contribution >= 4 is 168 Å². The fraction of sp³-hybridized carbons (Fsp3) is 0.246. The molecule has 0 aliphatic carbocycles. The number of benzene rings is 8. The van der Waals surface area contributed by atoms with Gasteiger partial charge in [0.25, 0.3) is 71.7 Å². The molecule has 12 aromatic rings. The SMILES string of the molecule is CN(C)C(=O)Oc1cccc2c1[n+]([O-])c1ccccc1[n+]2[O-].CN1CCN(C(=O)Oc2ccc3c(c2)[n+]([O-])c2ccccc2[n+]3[O-])CC1.CN1CCN(C(=O)Oc2cccc3c2[n+]([O-])c2cc(Br)c(Br)cc2[n+]3[O-])CC1.CN1CCN(C(=O)Oc2cccc3c2[n+]([O-])c2cc(Cl)c(Cl)cc2[n+]3[O-])CC1. The predicted octanol–water partition coefficient (Wildman–Crippen LogP) is 7.17. The van der Waals surface area contributed by atoms with E-state index in [1.165, 1.54) is 85.7 Å². The zero-order chi connectivity index (χ0) is 74.1. The summed E-state index contributed by atoms with van der Waals surface area (Å²) in [6.45, 7) is 7.86. The van der Waals surface area contributed by atoms with Crippen LogP contribution in [0.1, 0.15) is 0 Å². The van der Waals surface area contributed by atoms with Crippen LogP contribution in [0, 0.1) is 41.7 Å². The molecule has 3 saturated heterocycles. The standard InChI is InChI=1S/C18H16Br2N4O4.C18H16Cl2N4O4.C18H18N4O4.C15H13N3O4/c2*1-21-5-7-22(8-6-21)18(25)28-16-4-2-3-13-17(16)24(27)15-10-12(20)11(19)9-14(15)23(13)26;1-19-8-10-20(11-9-19)18(23)26-13-6-7-16-17(12-13)22(25)15-5-3-2-4-14(15)21(16)24;1-16(2)15(19)22-13-9-5-8-12-14(13)18(21)11-7-4-3-6-10(11)17(12)20/h2*2-4,9-10H,5-8H2,1H3;2-7,12H,8-11H2,1H3;3-9H,1-2H3. The zero-order valence-electron chi connectivity index (χ0n) is 56.1. The summed E-state index contributed by atoms with van der Waals surface area (Å²) in [6, 6.07) is 36.9. The molecule has 3 aliphatic rings. The Kier molecular flexibility index (Phi) is 21.4. The number of halogens is 4. The van der Waals surface area contributed by atoms with Crippen LogP contribution in [-0.4, -0.2) is 172 Å². The number of rotatable bonds is 4.